The van der Waals surface area contributed by atoms with Crippen LogP contribution in [0.2, 0.25) is 0 Å². The molecule has 8 heteroatoms. The first kappa shape index (κ1) is 39.2. The van der Waals surface area contributed by atoms with E-state index >= 15 is 0 Å². The molecular weight excluding hydrogens is 504 g/mol. The van der Waals surface area contributed by atoms with Gasteiger partial charge in [-0.3, -0.25) is 14.6 Å². The number of nitrogens with zero attached hydrogens (tertiary/aromatic N) is 3. The van der Waals surface area contributed by atoms with E-state index in [9.17, 15) is 4.79 Å². The van der Waals surface area contributed by atoms with Crippen LogP contribution in [0, 0.1) is 11.8 Å². The molecule has 3 fully saturated rings. The van der Waals surface area contributed by atoms with Gasteiger partial charge in [0, 0.05) is 79.2 Å². The van der Waals surface area contributed by atoms with Crippen molar-refractivity contribution in [1.82, 2.24) is 20.0 Å². The van der Waals surface area contributed by atoms with Gasteiger partial charge >= 0.3 is 0 Å². The number of nitrogens with one attached hydrogen (secondary N) is 1. The summed E-state index contributed by atoms with van der Waals surface area (Å²) in [4.78, 5) is 19.7. The third-order valence-electron chi connectivity index (χ3n) is 7.65. The highest BCUT2D eigenvalue weighted by Gasteiger charge is 2.34. The number of methoxy groups -OCH3 is 2. The van der Waals surface area contributed by atoms with E-state index in [0.717, 1.165) is 84.7 Å². The van der Waals surface area contributed by atoms with E-state index in [-0.39, 0.29) is 11.9 Å². The average molecular weight is 573 g/mol. The number of piperazine rings is 1. The van der Waals surface area contributed by atoms with Crippen LogP contribution in [0.25, 0.3) is 0 Å². The lowest BCUT2D eigenvalue weighted by molar-refractivity contribution is -0.127. The first-order chi connectivity index (χ1) is 19.4. The summed E-state index contributed by atoms with van der Waals surface area (Å²) >= 11 is 0. The van der Waals surface area contributed by atoms with Crippen molar-refractivity contribution in [2.24, 2.45) is 11.8 Å². The van der Waals surface area contributed by atoms with Gasteiger partial charge in [-0.2, -0.15) is 0 Å². The Hall–Kier alpha value is -0.770. The smallest absolute Gasteiger partial charge is 0.234 e. The lowest BCUT2D eigenvalue weighted by Gasteiger charge is -2.41. The van der Waals surface area contributed by atoms with Crippen molar-refractivity contribution in [3.05, 3.63) is 0 Å². The number of hydrogen-bond acceptors (Lipinski definition) is 7. The van der Waals surface area contributed by atoms with Gasteiger partial charge < -0.3 is 24.4 Å². The molecule has 2 saturated heterocycles. The minimum absolute atomic E-state index is 0.163. The first-order valence-corrected chi connectivity index (χ1v) is 16.5. The summed E-state index contributed by atoms with van der Waals surface area (Å²) in [5.41, 5.74) is 0. The average Bonchev–Trinajstić information content (AvgIpc) is 2.95. The molecule has 240 valence electrons. The zero-order valence-corrected chi connectivity index (χ0v) is 28.2. The second kappa shape index (κ2) is 24.8. The molecule has 0 radical (unpaired) electrons. The second-order valence-corrected chi connectivity index (χ2v) is 11.0. The minimum atomic E-state index is 0.163. The number of carbonyl (C=O) groups excluding carboxylic acids is 1. The number of piperidine rings is 1. The molecule has 2 aliphatic heterocycles. The fourth-order valence-corrected chi connectivity index (χ4v) is 5.72. The Morgan fingerprint density at radius 2 is 1.35 bits per heavy atom. The summed E-state index contributed by atoms with van der Waals surface area (Å²) < 4.78 is 16.8. The highest BCUT2D eigenvalue weighted by atomic mass is 16.5. The van der Waals surface area contributed by atoms with Gasteiger partial charge in [0.15, 0.2) is 0 Å². The molecule has 0 aromatic carbocycles. The second-order valence-electron chi connectivity index (χ2n) is 11.0. The maximum Gasteiger partial charge on any atom is 0.234 e. The molecule has 1 N–H and O–H groups in total. The van der Waals surface area contributed by atoms with E-state index in [1.807, 2.05) is 41.5 Å². The highest BCUT2D eigenvalue weighted by molar-refractivity contribution is 5.78. The molecular formula is C32H68N4O4. The molecule has 0 spiro atoms. The molecule has 0 aromatic heterocycles. The largest absolute Gasteiger partial charge is 0.384 e. The van der Waals surface area contributed by atoms with Crippen LogP contribution in [0.5, 0.6) is 0 Å². The number of likely N-dealkylation sites (tertiary alicyclic amines) is 1. The monoisotopic (exact) mass is 573 g/mol. The van der Waals surface area contributed by atoms with Gasteiger partial charge in [0.1, 0.15) is 0 Å². The molecule has 1 amide bonds. The maximum atomic E-state index is 12.5. The Kier molecular flexibility index (Phi) is 24.3. The van der Waals surface area contributed by atoms with E-state index in [2.05, 4.69) is 33.9 Å². The van der Waals surface area contributed by atoms with Gasteiger partial charge in [-0.15, -0.1) is 0 Å². The lowest BCUT2D eigenvalue weighted by Crippen LogP contribution is -2.54. The van der Waals surface area contributed by atoms with E-state index in [0.29, 0.717) is 30.6 Å². The number of ether oxygens (including phenoxy) is 3. The van der Waals surface area contributed by atoms with Crippen LogP contribution in [0.4, 0.5) is 0 Å². The van der Waals surface area contributed by atoms with E-state index in [4.69, 9.17) is 14.2 Å². The van der Waals surface area contributed by atoms with E-state index < -0.39 is 0 Å². The van der Waals surface area contributed by atoms with Crippen molar-refractivity contribution >= 4 is 5.91 Å². The molecule has 1 saturated carbocycles. The standard InChI is InChI=1S/C26H50N4O4.3C2H6/c1-21(15-22(2)20-33-4)18-29-7-5-24(6-8-29)34-25-16-23(17-25)27-26(31)19-30-11-9-28(10-12-30)13-14-32-3;3*1-2/h21-25H,5-20H2,1-4H3,(H,27,31);3*1-2H3. The van der Waals surface area contributed by atoms with Crippen LogP contribution in [-0.4, -0.2) is 125 Å². The summed E-state index contributed by atoms with van der Waals surface area (Å²) in [7, 11) is 3.53. The molecule has 2 atom stereocenters. The van der Waals surface area contributed by atoms with Gasteiger partial charge in [0.25, 0.3) is 0 Å². The third-order valence-corrected chi connectivity index (χ3v) is 7.65. The van der Waals surface area contributed by atoms with Crippen LogP contribution < -0.4 is 5.32 Å². The van der Waals surface area contributed by atoms with E-state index in [1.165, 1.54) is 13.0 Å². The quantitative estimate of drug-likeness (QED) is 0.322. The van der Waals surface area contributed by atoms with Crippen LogP contribution in [0.15, 0.2) is 0 Å². The molecule has 0 aromatic rings. The van der Waals surface area contributed by atoms with Gasteiger partial charge in [0.2, 0.25) is 5.91 Å². The Morgan fingerprint density at radius 3 is 1.90 bits per heavy atom. The van der Waals surface area contributed by atoms with Crippen LogP contribution in [-0.2, 0) is 19.0 Å². The summed E-state index contributed by atoms with van der Waals surface area (Å²) in [6, 6.07) is 0.288. The normalized spacial score (nSPS) is 23.6. The molecule has 0 bridgehead atoms. The van der Waals surface area contributed by atoms with Crippen LogP contribution in [0.3, 0.4) is 0 Å². The Balaban J connectivity index is 0.00000237. The topological polar surface area (TPSA) is 66.5 Å². The summed E-state index contributed by atoms with van der Waals surface area (Å²) in [5, 5.41) is 3.22. The van der Waals surface area contributed by atoms with Crippen molar-refractivity contribution in [2.45, 2.75) is 106 Å². The predicted octanol–water partition coefficient (Wildman–Crippen LogP) is 4.77. The zero-order valence-electron chi connectivity index (χ0n) is 28.2. The van der Waals surface area contributed by atoms with Crippen LogP contribution >= 0.6 is 0 Å². The summed E-state index contributed by atoms with van der Waals surface area (Å²) in [5.74, 6) is 1.50. The number of amides is 1. The summed E-state index contributed by atoms with van der Waals surface area (Å²) in [6.07, 6.45) is 6.12. The van der Waals surface area contributed by atoms with Crippen molar-refractivity contribution in [3.8, 4) is 0 Å². The number of rotatable bonds is 14. The molecule has 1 aliphatic carbocycles. The zero-order chi connectivity index (χ0) is 30.3. The Labute approximate surface area is 248 Å². The number of carbonyl (C=O) groups is 1. The highest BCUT2D eigenvalue weighted by Crippen LogP contribution is 2.28. The molecule has 3 rings (SSSR count). The molecule has 2 heterocycles. The first-order valence-electron chi connectivity index (χ1n) is 16.5. The molecule has 8 nitrogen and oxygen atoms in total. The van der Waals surface area contributed by atoms with Crippen molar-refractivity contribution in [1.29, 1.82) is 0 Å². The van der Waals surface area contributed by atoms with Crippen molar-refractivity contribution in [3.63, 3.8) is 0 Å². The number of hydrogen-bond donors (Lipinski definition) is 1. The fourth-order valence-electron chi connectivity index (χ4n) is 5.72. The Morgan fingerprint density at radius 1 is 0.775 bits per heavy atom. The van der Waals surface area contributed by atoms with Gasteiger partial charge in [-0.1, -0.05) is 55.4 Å². The van der Waals surface area contributed by atoms with Crippen molar-refractivity contribution in [2.75, 3.05) is 86.3 Å². The third kappa shape index (κ3) is 16.6. The maximum absolute atomic E-state index is 12.5. The predicted molar refractivity (Wildman–Crippen MR) is 169 cm³/mol. The van der Waals surface area contributed by atoms with Crippen LogP contribution in [0.1, 0.15) is 87.5 Å². The minimum Gasteiger partial charge on any atom is -0.384 e. The molecule has 3 aliphatic rings. The van der Waals surface area contributed by atoms with Crippen molar-refractivity contribution < 1.29 is 19.0 Å². The molecule has 40 heavy (non-hydrogen) atoms. The van der Waals surface area contributed by atoms with Gasteiger partial charge in [0.05, 0.1) is 25.4 Å². The molecule has 2 unspecified atom stereocenters. The van der Waals surface area contributed by atoms with Gasteiger partial charge in [-0.25, -0.2) is 0 Å². The SMILES string of the molecule is CC.CC.CC.COCCN1CCN(CC(=O)NC2CC(OC3CCN(CC(C)CC(C)COC)CC3)C2)CC1. The lowest BCUT2D eigenvalue weighted by atomic mass is 9.88. The Bertz CT molecular complexity index is 575. The van der Waals surface area contributed by atoms with Gasteiger partial charge in [-0.05, 0) is 43.9 Å². The van der Waals surface area contributed by atoms with E-state index in [1.54, 1.807) is 14.2 Å². The fraction of sp³-hybridized carbons (Fsp3) is 0.969. The summed E-state index contributed by atoms with van der Waals surface area (Å²) in [6.45, 7) is 27.2.